The van der Waals surface area contributed by atoms with Crippen LogP contribution in [-0.4, -0.2) is 44.3 Å². The van der Waals surface area contributed by atoms with E-state index in [0.717, 1.165) is 32.1 Å². The summed E-state index contributed by atoms with van der Waals surface area (Å²) in [6.45, 7) is 3.86. The van der Waals surface area contributed by atoms with Gasteiger partial charge in [0.25, 0.3) is 5.91 Å². The standard InChI is InChI=1S/C19H29N3O3S/c1-14-9-11-22(12-10-14)26(24,25)17-7-5-15(6-8-17)19(23)21-18-4-2-3-16(18)13-20/h5-8,14,16,18H,2-4,9-13,20H2,1H3,(H,21,23). The number of rotatable bonds is 5. The Morgan fingerprint density at radius 3 is 2.42 bits per heavy atom. The van der Waals surface area contributed by atoms with E-state index in [4.69, 9.17) is 5.73 Å². The number of carbonyl (C=O) groups excluding carboxylic acids is 1. The van der Waals surface area contributed by atoms with Crippen LogP contribution >= 0.6 is 0 Å². The van der Waals surface area contributed by atoms with Crippen LogP contribution in [0.5, 0.6) is 0 Å². The van der Waals surface area contributed by atoms with Gasteiger partial charge in [-0.15, -0.1) is 0 Å². The van der Waals surface area contributed by atoms with E-state index >= 15 is 0 Å². The lowest BCUT2D eigenvalue weighted by molar-refractivity contribution is 0.0928. The zero-order chi connectivity index (χ0) is 18.7. The molecule has 1 saturated carbocycles. The third-order valence-electron chi connectivity index (χ3n) is 5.78. The highest BCUT2D eigenvalue weighted by Crippen LogP contribution is 2.26. The van der Waals surface area contributed by atoms with Crippen LogP contribution in [0.25, 0.3) is 0 Å². The van der Waals surface area contributed by atoms with Crippen molar-refractivity contribution in [3.05, 3.63) is 29.8 Å². The molecule has 3 rings (SSSR count). The van der Waals surface area contributed by atoms with Crippen LogP contribution in [0, 0.1) is 11.8 Å². The molecule has 1 amide bonds. The summed E-state index contributed by atoms with van der Waals surface area (Å²) in [7, 11) is -3.48. The minimum atomic E-state index is -3.48. The second kappa shape index (κ2) is 8.06. The Labute approximate surface area is 156 Å². The van der Waals surface area contributed by atoms with Crippen molar-refractivity contribution in [2.45, 2.75) is 50.0 Å². The fourth-order valence-corrected chi connectivity index (χ4v) is 5.38. The predicted octanol–water partition coefficient (Wildman–Crippen LogP) is 1.96. The van der Waals surface area contributed by atoms with E-state index in [-0.39, 0.29) is 16.8 Å². The number of benzene rings is 1. The number of nitrogens with zero attached hydrogens (tertiary/aromatic N) is 1. The minimum Gasteiger partial charge on any atom is -0.349 e. The minimum absolute atomic E-state index is 0.117. The zero-order valence-corrected chi connectivity index (χ0v) is 16.2. The average molecular weight is 380 g/mol. The van der Waals surface area contributed by atoms with Crippen LogP contribution in [0.1, 0.15) is 49.4 Å². The van der Waals surface area contributed by atoms with Crippen LogP contribution in [0.3, 0.4) is 0 Å². The number of piperidine rings is 1. The molecule has 144 valence electrons. The van der Waals surface area contributed by atoms with Gasteiger partial charge in [0.15, 0.2) is 0 Å². The van der Waals surface area contributed by atoms with Gasteiger partial charge in [-0.05, 0) is 68.3 Å². The summed E-state index contributed by atoms with van der Waals surface area (Å²) in [5.74, 6) is 0.742. The highest BCUT2D eigenvalue weighted by molar-refractivity contribution is 7.89. The van der Waals surface area contributed by atoms with Gasteiger partial charge in [-0.2, -0.15) is 4.31 Å². The lowest BCUT2D eigenvalue weighted by atomic mass is 10.0. The number of nitrogens with two attached hydrogens (primary N) is 1. The molecule has 1 saturated heterocycles. The molecular formula is C19H29N3O3S. The van der Waals surface area contributed by atoms with Gasteiger partial charge < -0.3 is 11.1 Å². The highest BCUT2D eigenvalue weighted by Gasteiger charge is 2.29. The normalized spacial score (nSPS) is 25.3. The van der Waals surface area contributed by atoms with Crippen molar-refractivity contribution in [1.82, 2.24) is 9.62 Å². The Morgan fingerprint density at radius 1 is 1.15 bits per heavy atom. The summed E-state index contributed by atoms with van der Waals surface area (Å²) >= 11 is 0. The number of hydrogen-bond acceptors (Lipinski definition) is 4. The Morgan fingerprint density at radius 2 is 1.81 bits per heavy atom. The number of nitrogens with one attached hydrogen (secondary N) is 1. The van der Waals surface area contributed by atoms with Gasteiger partial charge in [-0.1, -0.05) is 13.3 Å². The van der Waals surface area contributed by atoms with Crippen LogP contribution < -0.4 is 11.1 Å². The summed E-state index contributed by atoms with van der Waals surface area (Å²) in [5.41, 5.74) is 6.25. The first-order chi connectivity index (χ1) is 12.4. The molecule has 3 N–H and O–H groups in total. The number of sulfonamides is 1. The van der Waals surface area contributed by atoms with E-state index < -0.39 is 10.0 Å². The highest BCUT2D eigenvalue weighted by atomic mass is 32.2. The molecule has 1 aliphatic carbocycles. The molecule has 26 heavy (non-hydrogen) atoms. The Kier molecular flexibility index (Phi) is 5.99. The molecule has 1 aromatic rings. The molecule has 2 aliphatic rings. The molecule has 0 radical (unpaired) electrons. The van der Waals surface area contributed by atoms with E-state index in [0.29, 0.717) is 37.0 Å². The molecule has 1 heterocycles. The van der Waals surface area contributed by atoms with Crippen molar-refractivity contribution in [2.24, 2.45) is 17.6 Å². The second-order valence-electron chi connectivity index (χ2n) is 7.62. The Hall–Kier alpha value is -1.44. The number of carbonyl (C=O) groups is 1. The third kappa shape index (κ3) is 4.10. The molecular weight excluding hydrogens is 350 g/mol. The lowest BCUT2D eigenvalue weighted by Gasteiger charge is -2.29. The maximum Gasteiger partial charge on any atom is 0.251 e. The smallest absolute Gasteiger partial charge is 0.251 e. The van der Waals surface area contributed by atoms with Crippen molar-refractivity contribution in [3.63, 3.8) is 0 Å². The predicted molar refractivity (Wildman–Crippen MR) is 101 cm³/mol. The van der Waals surface area contributed by atoms with E-state index in [9.17, 15) is 13.2 Å². The van der Waals surface area contributed by atoms with E-state index in [2.05, 4.69) is 12.2 Å². The molecule has 7 heteroatoms. The van der Waals surface area contributed by atoms with Gasteiger partial charge in [-0.25, -0.2) is 8.42 Å². The first-order valence-electron chi connectivity index (χ1n) is 9.53. The molecule has 2 unspecified atom stereocenters. The Bertz CT molecular complexity index is 725. The summed E-state index contributed by atoms with van der Waals surface area (Å²) in [6, 6.07) is 6.39. The Balaban J connectivity index is 1.67. The molecule has 1 aromatic carbocycles. The molecule has 1 aliphatic heterocycles. The summed E-state index contributed by atoms with van der Waals surface area (Å²) in [5, 5.41) is 3.04. The van der Waals surface area contributed by atoms with Crippen molar-refractivity contribution in [2.75, 3.05) is 19.6 Å². The van der Waals surface area contributed by atoms with Crippen LogP contribution in [0.4, 0.5) is 0 Å². The van der Waals surface area contributed by atoms with Gasteiger partial charge in [0.2, 0.25) is 10.0 Å². The molecule has 2 atom stereocenters. The van der Waals surface area contributed by atoms with Crippen molar-refractivity contribution < 1.29 is 13.2 Å². The monoisotopic (exact) mass is 379 g/mol. The largest absolute Gasteiger partial charge is 0.349 e. The lowest BCUT2D eigenvalue weighted by Crippen LogP contribution is -2.40. The van der Waals surface area contributed by atoms with E-state index in [1.807, 2.05) is 0 Å². The fraction of sp³-hybridized carbons (Fsp3) is 0.632. The molecule has 0 bridgehead atoms. The van der Waals surface area contributed by atoms with Crippen LogP contribution in [0.15, 0.2) is 29.2 Å². The van der Waals surface area contributed by atoms with Gasteiger partial charge in [0, 0.05) is 24.7 Å². The van der Waals surface area contributed by atoms with Crippen LogP contribution in [0.2, 0.25) is 0 Å². The molecule has 2 fully saturated rings. The van der Waals surface area contributed by atoms with Crippen molar-refractivity contribution in [1.29, 1.82) is 0 Å². The fourth-order valence-electron chi connectivity index (χ4n) is 3.91. The molecule has 0 spiro atoms. The second-order valence-corrected chi connectivity index (χ2v) is 9.56. The van der Waals surface area contributed by atoms with Crippen LogP contribution in [-0.2, 0) is 10.0 Å². The van der Waals surface area contributed by atoms with Crippen molar-refractivity contribution in [3.8, 4) is 0 Å². The van der Waals surface area contributed by atoms with Gasteiger partial charge >= 0.3 is 0 Å². The average Bonchev–Trinajstić information content (AvgIpc) is 3.09. The molecule has 0 aromatic heterocycles. The first kappa shape index (κ1) is 19.3. The first-order valence-corrected chi connectivity index (χ1v) is 11.0. The summed E-state index contributed by atoms with van der Waals surface area (Å²) in [6.07, 6.45) is 4.87. The topological polar surface area (TPSA) is 92.5 Å². The summed E-state index contributed by atoms with van der Waals surface area (Å²) in [4.78, 5) is 12.7. The maximum atomic E-state index is 12.7. The maximum absolute atomic E-state index is 12.7. The van der Waals surface area contributed by atoms with Gasteiger partial charge in [0.1, 0.15) is 0 Å². The van der Waals surface area contributed by atoms with E-state index in [1.165, 1.54) is 12.1 Å². The van der Waals surface area contributed by atoms with Crippen molar-refractivity contribution >= 4 is 15.9 Å². The van der Waals surface area contributed by atoms with Gasteiger partial charge in [0.05, 0.1) is 4.90 Å². The third-order valence-corrected chi connectivity index (χ3v) is 7.69. The van der Waals surface area contributed by atoms with Gasteiger partial charge in [-0.3, -0.25) is 4.79 Å². The number of hydrogen-bond donors (Lipinski definition) is 2. The quantitative estimate of drug-likeness (QED) is 0.818. The summed E-state index contributed by atoms with van der Waals surface area (Å²) < 4.78 is 27.0. The van der Waals surface area contributed by atoms with E-state index in [1.54, 1.807) is 16.4 Å². The number of amides is 1. The zero-order valence-electron chi connectivity index (χ0n) is 15.4. The SMILES string of the molecule is CC1CCN(S(=O)(=O)c2ccc(C(=O)NC3CCCC3CN)cc2)CC1. The molecule has 6 nitrogen and oxygen atoms in total.